The Balaban J connectivity index is 2.35. The molecule has 1 aliphatic rings. The Morgan fingerprint density at radius 2 is 2.17 bits per heavy atom. The molecule has 0 radical (unpaired) electrons. The van der Waals surface area contributed by atoms with Crippen LogP contribution in [0.3, 0.4) is 0 Å². The monoisotopic (exact) mass is 165 g/mol. The molecular formula is C9H11NO2. The van der Waals surface area contributed by atoms with Gasteiger partial charge in [-0.05, 0) is 6.07 Å². The Hall–Kier alpha value is -1.06. The van der Waals surface area contributed by atoms with E-state index in [1.54, 1.807) is 0 Å². The molecule has 1 aromatic rings. The quantitative estimate of drug-likeness (QED) is 0.634. The van der Waals surface area contributed by atoms with Gasteiger partial charge in [0.1, 0.15) is 18.0 Å². The molecule has 1 heterocycles. The minimum Gasteiger partial charge on any atom is -0.486 e. The van der Waals surface area contributed by atoms with Crippen LogP contribution in [-0.4, -0.2) is 17.8 Å². The molecule has 0 saturated carbocycles. The van der Waals surface area contributed by atoms with E-state index in [9.17, 15) is 5.11 Å². The third-order valence-electron chi connectivity index (χ3n) is 2.10. The molecule has 2 unspecified atom stereocenters. The number of hydrogen-bond donors (Lipinski definition) is 2. The van der Waals surface area contributed by atoms with Crippen molar-refractivity contribution in [3.8, 4) is 5.75 Å². The zero-order valence-corrected chi connectivity index (χ0v) is 6.60. The molecule has 12 heavy (non-hydrogen) atoms. The van der Waals surface area contributed by atoms with Crippen LogP contribution >= 0.6 is 0 Å². The van der Waals surface area contributed by atoms with Crippen LogP contribution in [0.1, 0.15) is 11.7 Å². The van der Waals surface area contributed by atoms with E-state index in [0.29, 0.717) is 6.54 Å². The maximum atomic E-state index is 9.64. The van der Waals surface area contributed by atoms with Gasteiger partial charge in [0.05, 0.1) is 0 Å². The highest BCUT2D eigenvalue weighted by atomic mass is 16.5. The lowest BCUT2D eigenvalue weighted by Crippen LogP contribution is -2.28. The van der Waals surface area contributed by atoms with E-state index < -0.39 is 6.10 Å². The van der Waals surface area contributed by atoms with Crippen LogP contribution in [0.25, 0.3) is 0 Å². The van der Waals surface area contributed by atoms with Crippen LogP contribution in [0.5, 0.6) is 5.75 Å². The van der Waals surface area contributed by atoms with Crippen LogP contribution in [0.15, 0.2) is 24.3 Å². The van der Waals surface area contributed by atoms with Crippen molar-refractivity contribution in [3.05, 3.63) is 29.8 Å². The number of nitrogens with two attached hydrogens (primary N) is 1. The van der Waals surface area contributed by atoms with Gasteiger partial charge in [-0.2, -0.15) is 0 Å². The van der Waals surface area contributed by atoms with Crippen LogP contribution in [-0.2, 0) is 0 Å². The minimum absolute atomic E-state index is 0.276. The lowest BCUT2D eigenvalue weighted by molar-refractivity contribution is 0.0731. The molecule has 0 aliphatic carbocycles. The maximum Gasteiger partial charge on any atom is 0.141 e. The second kappa shape index (κ2) is 2.77. The van der Waals surface area contributed by atoms with Crippen molar-refractivity contribution in [1.82, 2.24) is 0 Å². The molecule has 2 atom stereocenters. The first-order valence-corrected chi connectivity index (χ1v) is 3.96. The number of aliphatic hydroxyl groups excluding tert-OH is 1. The van der Waals surface area contributed by atoms with Gasteiger partial charge in [0.15, 0.2) is 0 Å². The van der Waals surface area contributed by atoms with Gasteiger partial charge in [-0.1, -0.05) is 18.2 Å². The van der Waals surface area contributed by atoms with Crippen LogP contribution in [0, 0.1) is 0 Å². The number of fused-ring (bicyclic) bond motifs is 1. The third kappa shape index (κ3) is 0.983. The number of benzene rings is 1. The predicted octanol–water partition coefficient (Wildman–Crippen LogP) is 0.440. The summed E-state index contributed by atoms with van der Waals surface area (Å²) in [5.41, 5.74) is 6.26. The van der Waals surface area contributed by atoms with E-state index >= 15 is 0 Å². The largest absolute Gasteiger partial charge is 0.486 e. The SMILES string of the molecule is NCC1Oc2ccccc2C1O. The van der Waals surface area contributed by atoms with Crippen molar-refractivity contribution >= 4 is 0 Å². The molecule has 0 fully saturated rings. The zero-order chi connectivity index (χ0) is 8.55. The molecule has 0 aromatic heterocycles. The summed E-state index contributed by atoms with van der Waals surface area (Å²) in [4.78, 5) is 0. The number of rotatable bonds is 1. The highest BCUT2D eigenvalue weighted by Crippen LogP contribution is 2.35. The van der Waals surface area contributed by atoms with E-state index in [1.165, 1.54) is 0 Å². The highest BCUT2D eigenvalue weighted by molar-refractivity contribution is 5.39. The summed E-state index contributed by atoms with van der Waals surface area (Å²) >= 11 is 0. The lowest BCUT2D eigenvalue weighted by Gasteiger charge is -2.10. The molecule has 1 aromatic carbocycles. The Kier molecular flexibility index (Phi) is 1.75. The Bertz CT molecular complexity index is 288. The second-order valence-electron chi connectivity index (χ2n) is 2.87. The van der Waals surface area contributed by atoms with Gasteiger partial charge >= 0.3 is 0 Å². The van der Waals surface area contributed by atoms with Gasteiger partial charge in [-0.15, -0.1) is 0 Å². The average Bonchev–Trinajstić information content (AvgIpc) is 2.44. The summed E-state index contributed by atoms with van der Waals surface area (Å²) in [6.07, 6.45) is -0.839. The molecule has 3 N–H and O–H groups in total. The van der Waals surface area contributed by atoms with Gasteiger partial charge < -0.3 is 15.6 Å². The molecule has 0 saturated heterocycles. The fourth-order valence-electron chi connectivity index (χ4n) is 1.44. The molecule has 0 amide bonds. The van der Waals surface area contributed by atoms with Crippen LogP contribution < -0.4 is 10.5 Å². The first-order chi connectivity index (χ1) is 5.83. The van der Waals surface area contributed by atoms with Crippen molar-refractivity contribution in [2.75, 3.05) is 6.54 Å². The first kappa shape index (κ1) is 7.58. The van der Waals surface area contributed by atoms with Crippen molar-refractivity contribution in [2.45, 2.75) is 12.2 Å². The fourth-order valence-corrected chi connectivity index (χ4v) is 1.44. The second-order valence-corrected chi connectivity index (χ2v) is 2.87. The molecule has 64 valence electrons. The Morgan fingerprint density at radius 3 is 2.83 bits per heavy atom. The Labute approximate surface area is 70.8 Å². The molecule has 2 rings (SSSR count). The smallest absolute Gasteiger partial charge is 0.141 e. The van der Waals surface area contributed by atoms with E-state index in [4.69, 9.17) is 10.5 Å². The number of para-hydroxylation sites is 1. The standard InChI is InChI=1S/C9H11NO2/c10-5-8-9(11)6-3-1-2-4-7(6)12-8/h1-4,8-9,11H,5,10H2. The lowest BCUT2D eigenvalue weighted by atomic mass is 10.1. The first-order valence-electron chi connectivity index (χ1n) is 3.96. The van der Waals surface area contributed by atoms with E-state index in [0.717, 1.165) is 11.3 Å². The molecular weight excluding hydrogens is 154 g/mol. The van der Waals surface area contributed by atoms with Crippen molar-refractivity contribution in [1.29, 1.82) is 0 Å². The summed E-state index contributed by atoms with van der Waals surface area (Å²) in [6, 6.07) is 7.46. The number of aliphatic hydroxyl groups is 1. The van der Waals surface area contributed by atoms with E-state index in [-0.39, 0.29) is 6.10 Å². The normalized spacial score (nSPS) is 26.5. The van der Waals surface area contributed by atoms with Crippen molar-refractivity contribution in [3.63, 3.8) is 0 Å². The molecule has 3 nitrogen and oxygen atoms in total. The van der Waals surface area contributed by atoms with Gasteiger partial charge in [0, 0.05) is 12.1 Å². The fraction of sp³-hybridized carbons (Fsp3) is 0.333. The van der Waals surface area contributed by atoms with Gasteiger partial charge in [0.25, 0.3) is 0 Å². The van der Waals surface area contributed by atoms with Crippen molar-refractivity contribution in [2.24, 2.45) is 5.73 Å². The van der Waals surface area contributed by atoms with E-state index in [1.807, 2.05) is 24.3 Å². The summed E-state index contributed by atoms with van der Waals surface area (Å²) in [7, 11) is 0. The molecule has 0 spiro atoms. The molecule has 0 bridgehead atoms. The summed E-state index contributed by atoms with van der Waals surface area (Å²) in [5, 5.41) is 9.64. The topological polar surface area (TPSA) is 55.5 Å². The summed E-state index contributed by atoms with van der Waals surface area (Å²) in [5.74, 6) is 0.750. The summed E-state index contributed by atoms with van der Waals surface area (Å²) < 4.78 is 5.39. The maximum absolute atomic E-state index is 9.64. The molecule has 3 heteroatoms. The van der Waals surface area contributed by atoms with Gasteiger partial charge in [-0.25, -0.2) is 0 Å². The summed E-state index contributed by atoms with van der Waals surface area (Å²) in [6.45, 7) is 0.343. The Morgan fingerprint density at radius 1 is 1.42 bits per heavy atom. The number of ether oxygens (including phenoxy) is 1. The number of hydrogen-bond acceptors (Lipinski definition) is 3. The van der Waals surface area contributed by atoms with Crippen molar-refractivity contribution < 1.29 is 9.84 Å². The van der Waals surface area contributed by atoms with Gasteiger partial charge in [-0.3, -0.25) is 0 Å². The average molecular weight is 165 g/mol. The minimum atomic E-state index is -0.564. The third-order valence-corrected chi connectivity index (χ3v) is 2.10. The van der Waals surface area contributed by atoms with Crippen LogP contribution in [0.2, 0.25) is 0 Å². The highest BCUT2D eigenvalue weighted by Gasteiger charge is 2.30. The predicted molar refractivity (Wildman–Crippen MR) is 44.9 cm³/mol. The zero-order valence-electron chi connectivity index (χ0n) is 6.60. The molecule has 1 aliphatic heterocycles. The van der Waals surface area contributed by atoms with Crippen LogP contribution in [0.4, 0.5) is 0 Å². The van der Waals surface area contributed by atoms with E-state index in [2.05, 4.69) is 0 Å². The van der Waals surface area contributed by atoms with Gasteiger partial charge in [0.2, 0.25) is 0 Å².